The summed E-state index contributed by atoms with van der Waals surface area (Å²) in [5.41, 5.74) is 5.88. The lowest BCUT2D eigenvalue weighted by molar-refractivity contribution is 0.341. The van der Waals surface area contributed by atoms with Crippen LogP contribution in [-0.4, -0.2) is 11.7 Å². The van der Waals surface area contributed by atoms with E-state index in [1.807, 2.05) is 6.08 Å². The maximum atomic E-state index is 8.89. The van der Waals surface area contributed by atoms with E-state index >= 15 is 0 Å². The molecule has 0 unspecified atom stereocenters. The van der Waals surface area contributed by atoms with E-state index in [0.29, 0.717) is 0 Å². The summed E-state index contributed by atoms with van der Waals surface area (Å²) in [6, 6.07) is 0. The molecule has 0 saturated carbocycles. The van der Waals surface area contributed by atoms with Crippen LogP contribution >= 0.6 is 0 Å². The first-order chi connectivity index (χ1) is 12.7. The molecule has 1 heteroatoms. The second-order valence-corrected chi connectivity index (χ2v) is 8.83. The van der Waals surface area contributed by atoms with Gasteiger partial charge in [-0.2, -0.15) is 0 Å². The molecule has 0 aromatic heterocycles. The van der Waals surface area contributed by atoms with E-state index in [1.165, 1.54) is 28.7 Å². The Hall–Kier alpha value is -1.34. The molecule has 0 amide bonds. The average molecular weight is 373 g/mol. The molecule has 0 rings (SSSR count). The van der Waals surface area contributed by atoms with Gasteiger partial charge in [0.15, 0.2) is 0 Å². The van der Waals surface area contributed by atoms with Crippen LogP contribution in [0.15, 0.2) is 58.7 Å². The molecule has 0 fully saturated rings. The van der Waals surface area contributed by atoms with E-state index in [9.17, 15) is 0 Å². The van der Waals surface area contributed by atoms with Crippen molar-refractivity contribution in [1.29, 1.82) is 0 Å². The molecule has 1 N–H and O–H groups in total. The molecule has 0 heterocycles. The van der Waals surface area contributed by atoms with Crippen LogP contribution < -0.4 is 0 Å². The van der Waals surface area contributed by atoms with Crippen LogP contribution in [0.1, 0.15) is 93.4 Å². The van der Waals surface area contributed by atoms with Gasteiger partial charge in [-0.25, -0.2) is 0 Å². The molecule has 0 aromatic rings. The third-order valence-electron chi connectivity index (χ3n) is 4.81. The Bertz CT molecular complexity index is 549. The van der Waals surface area contributed by atoms with E-state index in [0.717, 1.165) is 38.5 Å². The van der Waals surface area contributed by atoms with Gasteiger partial charge in [0.2, 0.25) is 0 Å². The third-order valence-corrected chi connectivity index (χ3v) is 4.81. The zero-order chi connectivity index (χ0) is 20.7. The Balaban J connectivity index is 4.26. The molecule has 154 valence electrons. The number of rotatable bonds is 13. The number of aliphatic hydroxyl groups excluding tert-OH is 1. The summed E-state index contributed by atoms with van der Waals surface area (Å²) < 4.78 is 0. The molecule has 27 heavy (non-hydrogen) atoms. The van der Waals surface area contributed by atoms with E-state index < -0.39 is 0 Å². The largest absolute Gasteiger partial charge is 0.392 e. The average Bonchev–Trinajstić information content (AvgIpc) is 2.57. The lowest BCUT2D eigenvalue weighted by Crippen LogP contribution is -2.05. The second kappa shape index (κ2) is 14.7. The van der Waals surface area contributed by atoms with Crippen molar-refractivity contribution in [3.8, 4) is 0 Å². The Morgan fingerprint density at radius 1 is 0.704 bits per heavy atom. The van der Waals surface area contributed by atoms with Crippen molar-refractivity contribution in [3.63, 3.8) is 0 Å². The van der Waals surface area contributed by atoms with E-state index in [1.54, 1.807) is 0 Å². The van der Waals surface area contributed by atoms with Crippen LogP contribution in [0.3, 0.4) is 0 Å². The highest BCUT2D eigenvalue weighted by molar-refractivity contribution is 5.08. The van der Waals surface area contributed by atoms with Gasteiger partial charge in [-0.05, 0) is 85.0 Å². The van der Waals surface area contributed by atoms with E-state index in [2.05, 4.69) is 78.8 Å². The molecule has 0 aliphatic carbocycles. The predicted molar refractivity (Wildman–Crippen MR) is 123 cm³/mol. The third kappa shape index (κ3) is 16.6. The molecule has 0 radical (unpaired) electrons. The first kappa shape index (κ1) is 25.7. The minimum Gasteiger partial charge on any atom is -0.392 e. The molecule has 0 spiro atoms. The molecule has 0 aromatic carbocycles. The highest BCUT2D eigenvalue weighted by Crippen LogP contribution is 2.25. The summed E-state index contributed by atoms with van der Waals surface area (Å²) >= 11 is 0. The van der Waals surface area contributed by atoms with Crippen LogP contribution in [0.4, 0.5) is 0 Å². The summed E-state index contributed by atoms with van der Waals surface area (Å²) in [4.78, 5) is 0. The van der Waals surface area contributed by atoms with Crippen molar-refractivity contribution in [3.05, 3.63) is 58.7 Å². The molecule has 0 bridgehead atoms. The lowest BCUT2D eigenvalue weighted by atomic mass is 9.87. The number of aliphatic hydroxyl groups is 1. The van der Waals surface area contributed by atoms with Gasteiger partial charge in [-0.15, -0.1) is 0 Å². The van der Waals surface area contributed by atoms with Gasteiger partial charge in [0.1, 0.15) is 0 Å². The van der Waals surface area contributed by atoms with Crippen LogP contribution in [-0.2, 0) is 0 Å². The SMILES string of the molecule is CC(C)=CCC/C(C)=C/CC/C(C)=C/CC(C)(C)/C=C/CC/C(C)=C\CO. The van der Waals surface area contributed by atoms with Crippen molar-refractivity contribution in [2.45, 2.75) is 93.4 Å². The highest BCUT2D eigenvalue weighted by atomic mass is 16.2. The van der Waals surface area contributed by atoms with Gasteiger partial charge in [-0.3, -0.25) is 0 Å². The first-order valence-corrected chi connectivity index (χ1v) is 10.5. The molecule has 0 atom stereocenters. The summed E-state index contributed by atoms with van der Waals surface area (Å²) in [7, 11) is 0. The maximum Gasteiger partial charge on any atom is 0.0614 e. The van der Waals surface area contributed by atoms with Crippen LogP contribution in [0, 0.1) is 5.41 Å². The maximum absolute atomic E-state index is 8.89. The zero-order valence-electron chi connectivity index (χ0n) is 19.1. The number of hydrogen-bond donors (Lipinski definition) is 1. The van der Waals surface area contributed by atoms with Crippen molar-refractivity contribution in [1.82, 2.24) is 0 Å². The quantitative estimate of drug-likeness (QED) is 0.324. The smallest absolute Gasteiger partial charge is 0.0614 e. The standard InChI is InChI=1S/C26H44O/c1-22(2)12-10-14-23(3)15-11-16-24(4)17-20-26(6,7)19-9-8-13-25(5)18-21-27/h9,12,15,17-19,27H,8,10-11,13-14,16,20-21H2,1-7H3/b19-9+,23-15+,24-17+,25-18-. The Morgan fingerprint density at radius 3 is 1.81 bits per heavy atom. The lowest BCUT2D eigenvalue weighted by Gasteiger charge is -2.18. The molecule has 0 aliphatic heterocycles. The van der Waals surface area contributed by atoms with Gasteiger partial charge in [0.25, 0.3) is 0 Å². The van der Waals surface area contributed by atoms with Crippen molar-refractivity contribution < 1.29 is 5.11 Å². The second-order valence-electron chi connectivity index (χ2n) is 8.83. The van der Waals surface area contributed by atoms with Gasteiger partial charge in [-0.1, -0.05) is 72.6 Å². The number of hydrogen-bond acceptors (Lipinski definition) is 1. The molecule has 1 nitrogen and oxygen atoms in total. The number of allylic oxidation sites excluding steroid dienone is 9. The summed E-state index contributed by atoms with van der Waals surface area (Å²) in [5.74, 6) is 0. The van der Waals surface area contributed by atoms with Crippen molar-refractivity contribution in [2.75, 3.05) is 6.61 Å². The van der Waals surface area contributed by atoms with Gasteiger partial charge >= 0.3 is 0 Å². The highest BCUT2D eigenvalue weighted by Gasteiger charge is 2.11. The van der Waals surface area contributed by atoms with E-state index in [-0.39, 0.29) is 12.0 Å². The Morgan fingerprint density at radius 2 is 1.22 bits per heavy atom. The molecule has 0 aliphatic rings. The molecular weight excluding hydrogens is 328 g/mol. The Kier molecular flexibility index (Phi) is 14.0. The fraction of sp³-hybridized carbons (Fsp3) is 0.615. The van der Waals surface area contributed by atoms with Crippen LogP contribution in [0.5, 0.6) is 0 Å². The van der Waals surface area contributed by atoms with Crippen molar-refractivity contribution in [2.24, 2.45) is 5.41 Å². The zero-order valence-corrected chi connectivity index (χ0v) is 19.1. The summed E-state index contributed by atoms with van der Waals surface area (Å²) in [5, 5.41) is 8.89. The van der Waals surface area contributed by atoms with Gasteiger partial charge in [0, 0.05) is 0 Å². The fourth-order valence-electron chi connectivity index (χ4n) is 2.82. The molecular formula is C26H44O. The van der Waals surface area contributed by atoms with Gasteiger partial charge < -0.3 is 5.11 Å². The first-order valence-electron chi connectivity index (χ1n) is 10.5. The van der Waals surface area contributed by atoms with Gasteiger partial charge in [0.05, 0.1) is 6.61 Å². The minimum atomic E-state index is 0.148. The normalized spacial score (nSPS) is 14.1. The topological polar surface area (TPSA) is 20.2 Å². The van der Waals surface area contributed by atoms with Crippen LogP contribution in [0.25, 0.3) is 0 Å². The molecule has 0 saturated heterocycles. The minimum absolute atomic E-state index is 0.148. The summed E-state index contributed by atoms with van der Waals surface area (Å²) in [6.07, 6.45) is 21.5. The van der Waals surface area contributed by atoms with E-state index in [4.69, 9.17) is 5.11 Å². The monoisotopic (exact) mass is 372 g/mol. The van der Waals surface area contributed by atoms with Crippen LogP contribution in [0.2, 0.25) is 0 Å². The predicted octanol–water partition coefficient (Wildman–Crippen LogP) is 8.10. The Labute approximate surface area is 169 Å². The fourth-order valence-corrected chi connectivity index (χ4v) is 2.82. The summed E-state index contributed by atoms with van der Waals surface area (Å²) in [6.45, 7) is 15.7. The van der Waals surface area contributed by atoms with Crippen molar-refractivity contribution >= 4 is 0 Å².